The van der Waals surface area contributed by atoms with Crippen LogP contribution in [0, 0.1) is 11.7 Å². The number of aliphatic hydroxyl groups is 1. The first kappa shape index (κ1) is 17.7. The van der Waals surface area contributed by atoms with E-state index in [1.807, 2.05) is 6.92 Å². The van der Waals surface area contributed by atoms with Crippen molar-refractivity contribution in [3.05, 3.63) is 29.0 Å². The number of halogens is 2. The zero-order chi connectivity index (χ0) is 17.0. The number of hydrogen-bond acceptors (Lipinski definition) is 3. The lowest BCUT2D eigenvalue weighted by Gasteiger charge is -2.19. The number of rotatable bonds is 6. The molecular weight excluding hydrogens is 323 g/mol. The highest BCUT2D eigenvalue weighted by molar-refractivity contribution is 6.30. The van der Waals surface area contributed by atoms with Crippen LogP contribution in [0.3, 0.4) is 0 Å². The summed E-state index contributed by atoms with van der Waals surface area (Å²) in [5, 5.41) is 11.8. The molecule has 5 nitrogen and oxygen atoms in total. The topological polar surface area (TPSA) is 69.6 Å². The van der Waals surface area contributed by atoms with Crippen molar-refractivity contribution >= 4 is 29.1 Å². The normalized spacial score (nSPS) is 19.0. The number of anilines is 1. The Balaban J connectivity index is 2.04. The second-order valence-corrected chi connectivity index (χ2v) is 6.04. The van der Waals surface area contributed by atoms with E-state index in [0.29, 0.717) is 18.5 Å². The van der Waals surface area contributed by atoms with Crippen molar-refractivity contribution < 1.29 is 19.1 Å². The minimum atomic E-state index is -0.598. The molecule has 0 aliphatic carbocycles. The van der Waals surface area contributed by atoms with Crippen molar-refractivity contribution in [2.45, 2.75) is 32.2 Å². The SMILES string of the molecule is CCC(CCO)NC(=O)C1CC(=O)N(c2ccc(Cl)c(F)c2)C1. The standard InChI is InChI=1S/C16H20ClFN2O3/c1-2-11(5-6-21)19-16(23)10-7-15(22)20(9-10)12-3-4-13(17)14(18)8-12/h3-4,8,10-11,21H,2,5-7,9H2,1H3,(H,19,23). The van der Waals surface area contributed by atoms with Crippen LogP contribution in [0.1, 0.15) is 26.2 Å². The van der Waals surface area contributed by atoms with E-state index >= 15 is 0 Å². The van der Waals surface area contributed by atoms with Crippen molar-refractivity contribution in [2.75, 3.05) is 18.1 Å². The van der Waals surface area contributed by atoms with E-state index < -0.39 is 11.7 Å². The van der Waals surface area contributed by atoms with Crippen LogP contribution in [-0.2, 0) is 9.59 Å². The van der Waals surface area contributed by atoms with E-state index in [4.69, 9.17) is 16.7 Å². The predicted octanol–water partition coefficient (Wildman–Crippen LogP) is 2.11. The van der Waals surface area contributed by atoms with Gasteiger partial charge < -0.3 is 15.3 Å². The van der Waals surface area contributed by atoms with Gasteiger partial charge in [0.2, 0.25) is 11.8 Å². The molecule has 1 heterocycles. The van der Waals surface area contributed by atoms with E-state index in [0.717, 1.165) is 0 Å². The molecule has 0 saturated carbocycles. The first-order valence-electron chi connectivity index (χ1n) is 7.62. The van der Waals surface area contributed by atoms with Gasteiger partial charge in [-0.2, -0.15) is 0 Å². The molecule has 126 valence electrons. The van der Waals surface area contributed by atoms with E-state index in [-0.39, 0.29) is 42.5 Å². The lowest BCUT2D eigenvalue weighted by Crippen LogP contribution is -2.40. The summed E-state index contributed by atoms with van der Waals surface area (Å²) in [5.74, 6) is -1.51. The first-order valence-corrected chi connectivity index (χ1v) is 8.00. The Labute approximate surface area is 139 Å². The van der Waals surface area contributed by atoms with Gasteiger partial charge in [0.05, 0.1) is 10.9 Å². The molecule has 2 atom stereocenters. The Kier molecular flexibility index (Phi) is 5.96. The third-order valence-electron chi connectivity index (χ3n) is 4.03. The van der Waals surface area contributed by atoms with E-state index in [9.17, 15) is 14.0 Å². The molecular formula is C16H20ClFN2O3. The average molecular weight is 343 g/mol. The van der Waals surface area contributed by atoms with Crippen LogP contribution < -0.4 is 10.2 Å². The highest BCUT2D eigenvalue weighted by Gasteiger charge is 2.35. The molecule has 2 rings (SSSR count). The van der Waals surface area contributed by atoms with Crippen LogP contribution in [0.2, 0.25) is 5.02 Å². The molecule has 0 bridgehead atoms. The summed E-state index contributed by atoms with van der Waals surface area (Å²) in [7, 11) is 0. The molecule has 1 saturated heterocycles. The molecule has 2 amide bonds. The fraction of sp³-hybridized carbons (Fsp3) is 0.500. The second-order valence-electron chi connectivity index (χ2n) is 5.63. The van der Waals surface area contributed by atoms with Crippen molar-refractivity contribution in [3.63, 3.8) is 0 Å². The Morgan fingerprint density at radius 3 is 2.91 bits per heavy atom. The van der Waals surface area contributed by atoms with Gasteiger partial charge in [-0.15, -0.1) is 0 Å². The molecule has 1 aromatic carbocycles. The number of amides is 2. The number of carbonyl (C=O) groups is 2. The molecule has 0 spiro atoms. The number of benzene rings is 1. The van der Waals surface area contributed by atoms with Gasteiger partial charge in [0, 0.05) is 31.3 Å². The molecule has 23 heavy (non-hydrogen) atoms. The van der Waals surface area contributed by atoms with Crippen LogP contribution in [0.25, 0.3) is 0 Å². The highest BCUT2D eigenvalue weighted by atomic mass is 35.5. The molecule has 1 aliphatic heterocycles. The maximum Gasteiger partial charge on any atom is 0.227 e. The Hall–Kier alpha value is -1.66. The molecule has 0 radical (unpaired) electrons. The van der Waals surface area contributed by atoms with Crippen LogP contribution in [0.5, 0.6) is 0 Å². The molecule has 1 aliphatic rings. The lowest BCUT2D eigenvalue weighted by atomic mass is 10.1. The third kappa shape index (κ3) is 4.20. The van der Waals surface area contributed by atoms with Gasteiger partial charge in [-0.1, -0.05) is 18.5 Å². The summed E-state index contributed by atoms with van der Waals surface area (Å²) in [6, 6.07) is 4.04. The smallest absolute Gasteiger partial charge is 0.227 e. The molecule has 0 aromatic heterocycles. The van der Waals surface area contributed by atoms with Gasteiger partial charge in [0.25, 0.3) is 0 Å². The number of carbonyl (C=O) groups excluding carboxylic acids is 2. The summed E-state index contributed by atoms with van der Waals surface area (Å²) in [6.45, 7) is 2.13. The molecule has 1 aromatic rings. The fourth-order valence-electron chi connectivity index (χ4n) is 2.64. The van der Waals surface area contributed by atoms with Crippen molar-refractivity contribution in [1.82, 2.24) is 5.32 Å². The predicted molar refractivity (Wildman–Crippen MR) is 85.8 cm³/mol. The van der Waals surface area contributed by atoms with E-state index in [2.05, 4.69) is 5.32 Å². The van der Waals surface area contributed by atoms with Crippen LogP contribution in [0.4, 0.5) is 10.1 Å². The molecule has 2 unspecified atom stereocenters. The van der Waals surface area contributed by atoms with Crippen molar-refractivity contribution in [3.8, 4) is 0 Å². The van der Waals surface area contributed by atoms with Crippen LogP contribution in [0.15, 0.2) is 18.2 Å². The van der Waals surface area contributed by atoms with E-state index in [1.54, 1.807) is 6.07 Å². The van der Waals surface area contributed by atoms with Crippen LogP contribution in [-0.4, -0.2) is 36.1 Å². The second kappa shape index (κ2) is 7.75. The Morgan fingerprint density at radius 2 is 2.30 bits per heavy atom. The molecule has 7 heteroatoms. The minimum absolute atomic E-state index is 0.00143. The van der Waals surface area contributed by atoms with Gasteiger partial charge in [-0.25, -0.2) is 4.39 Å². The lowest BCUT2D eigenvalue weighted by molar-refractivity contribution is -0.127. The van der Waals surface area contributed by atoms with Gasteiger partial charge >= 0.3 is 0 Å². The summed E-state index contributed by atoms with van der Waals surface area (Å²) < 4.78 is 13.5. The van der Waals surface area contributed by atoms with Crippen molar-refractivity contribution in [2.24, 2.45) is 5.92 Å². The summed E-state index contributed by atoms with van der Waals surface area (Å²) in [6.07, 6.45) is 1.28. The zero-order valence-electron chi connectivity index (χ0n) is 12.9. The van der Waals surface area contributed by atoms with Crippen LogP contribution >= 0.6 is 11.6 Å². The third-order valence-corrected chi connectivity index (χ3v) is 4.33. The zero-order valence-corrected chi connectivity index (χ0v) is 13.6. The largest absolute Gasteiger partial charge is 0.396 e. The monoisotopic (exact) mass is 342 g/mol. The van der Waals surface area contributed by atoms with Gasteiger partial charge in [0.15, 0.2) is 0 Å². The maximum absolute atomic E-state index is 13.5. The number of nitrogens with zero attached hydrogens (tertiary/aromatic N) is 1. The van der Waals surface area contributed by atoms with Gasteiger partial charge in [-0.3, -0.25) is 9.59 Å². The van der Waals surface area contributed by atoms with Crippen molar-refractivity contribution in [1.29, 1.82) is 0 Å². The number of nitrogens with one attached hydrogen (secondary N) is 1. The Bertz CT molecular complexity index is 597. The van der Waals surface area contributed by atoms with Gasteiger partial charge in [0.1, 0.15) is 5.82 Å². The number of hydrogen-bond donors (Lipinski definition) is 2. The highest BCUT2D eigenvalue weighted by Crippen LogP contribution is 2.28. The van der Waals surface area contributed by atoms with E-state index in [1.165, 1.54) is 17.0 Å². The average Bonchev–Trinajstić information content (AvgIpc) is 2.91. The first-order chi connectivity index (χ1) is 11.0. The molecule has 2 N–H and O–H groups in total. The Morgan fingerprint density at radius 1 is 1.57 bits per heavy atom. The summed E-state index contributed by atoms with van der Waals surface area (Å²) >= 11 is 5.64. The maximum atomic E-state index is 13.5. The quantitative estimate of drug-likeness (QED) is 0.832. The minimum Gasteiger partial charge on any atom is -0.396 e. The summed E-state index contributed by atoms with van der Waals surface area (Å²) in [4.78, 5) is 25.8. The molecule has 1 fully saturated rings. The van der Waals surface area contributed by atoms with Gasteiger partial charge in [-0.05, 0) is 31.0 Å². The fourth-order valence-corrected chi connectivity index (χ4v) is 2.76. The number of aliphatic hydroxyl groups excluding tert-OH is 1. The summed E-state index contributed by atoms with van der Waals surface area (Å²) in [5.41, 5.74) is 0.398.